The van der Waals surface area contributed by atoms with Gasteiger partial charge in [0.25, 0.3) is 0 Å². The van der Waals surface area contributed by atoms with E-state index < -0.39 is 0 Å². The Bertz CT molecular complexity index is 55.6. The quantitative estimate of drug-likeness (QED) is 0.507. The van der Waals surface area contributed by atoms with Crippen molar-refractivity contribution in [2.45, 2.75) is 46.7 Å². The monoisotopic (exact) mass is 126 g/mol. The van der Waals surface area contributed by atoms with Gasteiger partial charge < -0.3 is 0 Å². The molecule has 0 atom stereocenters. The molecule has 0 nitrogen and oxygen atoms in total. The molecule has 0 unspecified atom stereocenters. The van der Waals surface area contributed by atoms with Crippen LogP contribution in [0.4, 0.5) is 0 Å². The lowest BCUT2D eigenvalue weighted by Crippen LogP contribution is -2.11. The molecular weight excluding hydrogens is 107 g/mol. The molecular formula is C8H19B. The van der Waals surface area contributed by atoms with Crippen molar-refractivity contribution in [2.75, 3.05) is 0 Å². The normalized spacial score (nSPS) is 10.3. The lowest BCUT2D eigenvalue weighted by Gasteiger charge is -2.10. The SMILES string of the molecule is CCB(CC)CC(C)C. The predicted molar refractivity (Wildman–Crippen MR) is 46.4 cm³/mol. The number of hydrogen-bond acceptors (Lipinski definition) is 0. The van der Waals surface area contributed by atoms with Crippen LogP contribution in [0, 0.1) is 5.92 Å². The molecule has 9 heavy (non-hydrogen) atoms. The second kappa shape index (κ2) is 4.90. The summed E-state index contributed by atoms with van der Waals surface area (Å²) in [5.74, 6) is 0.884. The van der Waals surface area contributed by atoms with Gasteiger partial charge in [-0.05, 0) is 0 Å². The van der Waals surface area contributed by atoms with E-state index in [1.165, 1.54) is 19.0 Å². The van der Waals surface area contributed by atoms with Crippen LogP contribution >= 0.6 is 0 Å². The first-order chi connectivity index (χ1) is 4.20. The molecule has 0 aromatic carbocycles. The highest BCUT2D eigenvalue weighted by Crippen LogP contribution is 2.11. The molecule has 0 rings (SSSR count). The van der Waals surface area contributed by atoms with Crippen molar-refractivity contribution in [2.24, 2.45) is 5.92 Å². The van der Waals surface area contributed by atoms with E-state index in [0.717, 1.165) is 12.6 Å². The Morgan fingerprint density at radius 2 is 1.56 bits per heavy atom. The summed E-state index contributed by atoms with van der Waals surface area (Å²) in [6.07, 6.45) is 4.12. The standard InChI is InChI=1S/C8H19B/c1-5-9(6-2)7-8(3)4/h8H,5-7H2,1-4H3. The van der Waals surface area contributed by atoms with Gasteiger partial charge in [-0.15, -0.1) is 0 Å². The Balaban J connectivity index is 3.31. The molecule has 0 aromatic heterocycles. The minimum atomic E-state index is 0.884. The zero-order valence-corrected chi connectivity index (χ0v) is 7.28. The smallest absolute Gasteiger partial charge is 0.0770 e. The van der Waals surface area contributed by atoms with Crippen LogP contribution in [-0.4, -0.2) is 6.71 Å². The van der Waals surface area contributed by atoms with Crippen LogP contribution in [0.2, 0.25) is 19.0 Å². The van der Waals surface area contributed by atoms with Crippen LogP contribution in [-0.2, 0) is 0 Å². The fourth-order valence-electron chi connectivity index (χ4n) is 1.29. The second-order valence-corrected chi connectivity index (χ2v) is 3.31. The topological polar surface area (TPSA) is 0 Å². The van der Waals surface area contributed by atoms with Crippen LogP contribution in [0.15, 0.2) is 0 Å². The molecule has 0 aromatic rings. The number of rotatable bonds is 4. The van der Waals surface area contributed by atoms with Gasteiger partial charge in [0, 0.05) is 0 Å². The van der Waals surface area contributed by atoms with Gasteiger partial charge in [-0.2, -0.15) is 0 Å². The van der Waals surface area contributed by atoms with E-state index in [9.17, 15) is 0 Å². The molecule has 0 saturated heterocycles. The van der Waals surface area contributed by atoms with Crippen molar-refractivity contribution in [1.29, 1.82) is 0 Å². The zero-order chi connectivity index (χ0) is 7.28. The molecule has 0 saturated carbocycles. The van der Waals surface area contributed by atoms with Crippen molar-refractivity contribution in [3.05, 3.63) is 0 Å². The van der Waals surface area contributed by atoms with Gasteiger partial charge in [-0.25, -0.2) is 0 Å². The molecule has 1 heteroatoms. The zero-order valence-electron chi connectivity index (χ0n) is 7.28. The summed E-state index contributed by atoms with van der Waals surface area (Å²) in [5, 5.41) is 0. The fraction of sp³-hybridized carbons (Fsp3) is 1.00. The fourth-order valence-corrected chi connectivity index (χ4v) is 1.29. The van der Waals surface area contributed by atoms with E-state index in [1.54, 1.807) is 0 Å². The lowest BCUT2D eigenvalue weighted by molar-refractivity contribution is 0.722. The van der Waals surface area contributed by atoms with Gasteiger partial charge in [0.05, 0.1) is 0 Å². The average molecular weight is 126 g/mol. The molecule has 0 aliphatic rings. The van der Waals surface area contributed by atoms with E-state index in [0.29, 0.717) is 0 Å². The van der Waals surface area contributed by atoms with Crippen molar-refractivity contribution >= 4 is 6.71 Å². The summed E-state index contributed by atoms with van der Waals surface area (Å²) >= 11 is 0. The Labute approximate surface area is 60.1 Å². The molecule has 0 amide bonds. The Morgan fingerprint density at radius 1 is 1.11 bits per heavy atom. The third-order valence-corrected chi connectivity index (χ3v) is 1.96. The highest BCUT2D eigenvalue weighted by Gasteiger charge is 2.08. The summed E-state index contributed by atoms with van der Waals surface area (Å²) in [7, 11) is 0. The highest BCUT2D eigenvalue weighted by molar-refractivity contribution is 6.58. The van der Waals surface area contributed by atoms with Gasteiger partial charge in [-0.3, -0.25) is 0 Å². The molecule has 54 valence electrons. The maximum absolute atomic E-state index is 2.30. The number of hydrogen-bond donors (Lipinski definition) is 0. The van der Waals surface area contributed by atoms with E-state index in [2.05, 4.69) is 27.7 Å². The Hall–Kier alpha value is 0.0649. The summed E-state index contributed by atoms with van der Waals surface area (Å²) in [5.41, 5.74) is 0. The summed E-state index contributed by atoms with van der Waals surface area (Å²) in [6, 6.07) is 0. The van der Waals surface area contributed by atoms with Crippen molar-refractivity contribution in [1.82, 2.24) is 0 Å². The predicted octanol–water partition coefficient (Wildman–Crippen LogP) is 3.18. The average Bonchev–Trinajstić information content (AvgIpc) is 1.82. The van der Waals surface area contributed by atoms with E-state index in [-0.39, 0.29) is 0 Å². The summed E-state index contributed by atoms with van der Waals surface area (Å²) in [4.78, 5) is 0. The molecule has 0 fully saturated rings. The van der Waals surface area contributed by atoms with Crippen LogP contribution in [0.1, 0.15) is 27.7 Å². The van der Waals surface area contributed by atoms with Gasteiger partial charge in [0.15, 0.2) is 0 Å². The Kier molecular flexibility index (Phi) is 4.93. The molecule has 0 aliphatic heterocycles. The summed E-state index contributed by atoms with van der Waals surface area (Å²) < 4.78 is 0. The minimum Gasteiger partial charge on any atom is -0.0770 e. The van der Waals surface area contributed by atoms with Crippen LogP contribution in [0.5, 0.6) is 0 Å². The molecule has 0 N–H and O–H groups in total. The van der Waals surface area contributed by atoms with Crippen LogP contribution in [0.3, 0.4) is 0 Å². The highest BCUT2D eigenvalue weighted by atomic mass is 13.9. The minimum absolute atomic E-state index is 0.884. The van der Waals surface area contributed by atoms with Gasteiger partial charge in [-0.1, -0.05) is 52.6 Å². The van der Waals surface area contributed by atoms with Crippen molar-refractivity contribution < 1.29 is 0 Å². The van der Waals surface area contributed by atoms with Crippen molar-refractivity contribution in [3.8, 4) is 0 Å². The first-order valence-electron chi connectivity index (χ1n) is 4.20. The van der Waals surface area contributed by atoms with Crippen molar-refractivity contribution in [3.63, 3.8) is 0 Å². The molecule has 0 heterocycles. The van der Waals surface area contributed by atoms with Crippen LogP contribution < -0.4 is 0 Å². The largest absolute Gasteiger partial charge is 0.139 e. The van der Waals surface area contributed by atoms with Gasteiger partial charge in [0.1, 0.15) is 6.71 Å². The lowest BCUT2D eigenvalue weighted by atomic mass is 9.42. The molecule has 0 aliphatic carbocycles. The van der Waals surface area contributed by atoms with Gasteiger partial charge >= 0.3 is 0 Å². The molecule has 0 radical (unpaired) electrons. The van der Waals surface area contributed by atoms with Gasteiger partial charge in [0.2, 0.25) is 0 Å². The van der Waals surface area contributed by atoms with Crippen LogP contribution in [0.25, 0.3) is 0 Å². The molecule has 0 bridgehead atoms. The first kappa shape index (κ1) is 9.06. The van der Waals surface area contributed by atoms with E-state index >= 15 is 0 Å². The third kappa shape index (κ3) is 4.56. The van der Waals surface area contributed by atoms with E-state index in [1.807, 2.05) is 0 Å². The Morgan fingerprint density at radius 3 is 1.67 bits per heavy atom. The van der Waals surface area contributed by atoms with E-state index in [4.69, 9.17) is 0 Å². The maximum Gasteiger partial charge on any atom is 0.139 e. The summed E-state index contributed by atoms with van der Waals surface area (Å²) in [6.45, 7) is 10.2. The third-order valence-electron chi connectivity index (χ3n) is 1.96. The second-order valence-electron chi connectivity index (χ2n) is 3.31. The maximum atomic E-state index is 2.30. The molecule has 0 spiro atoms. The first-order valence-corrected chi connectivity index (χ1v) is 4.20.